The number of aromatic nitrogens is 6. The molecule has 72 heavy (non-hydrogen) atoms. The molecule has 3 atom stereocenters. The highest BCUT2D eigenvalue weighted by molar-refractivity contribution is 6.03. The second-order valence-corrected chi connectivity index (χ2v) is 24.8. The van der Waals surface area contributed by atoms with Crippen LogP contribution in [0.2, 0.25) is 0 Å². The van der Waals surface area contributed by atoms with E-state index in [0.29, 0.717) is 36.6 Å². The zero-order chi connectivity index (χ0) is 51.3. The molecular formula is C63H72N6O3. The Balaban J connectivity index is 0.000000124. The summed E-state index contributed by atoms with van der Waals surface area (Å²) < 4.78 is 0. The molecule has 3 aromatic carbocycles. The molecule has 0 spiro atoms. The van der Waals surface area contributed by atoms with Crippen LogP contribution in [0.25, 0.3) is 0 Å². The van der Waals surface area contributed by atoms with Crippen molar-refractivity contribution in [3.8, 4) is 0 Å². The van der Waals surface area contributed by atoms with Gasteiger partial charge in [0, 0.05) is 105 Å². The van der Waals surface area contributed by atoms with Gasteiger partial charge in [-0.05, 0) is 93.7 Å². The number of hydrogen-bond acceptors (Lipinski definition) is 6. The van der Waals surface area contributed by atoms with E-state index >= 15 is 0 Å². The van der Waals surface area contributed by atoms with E-state index in [2.05, 4.69) is 186 Å². The molecule has 6 aromatic rings. The fourth-order valence-electron chi connectivity index (χ4n) is 14.7. The third-order valence-electron chi connectivity index (χ3n) is 17.2. The summed E-state index contributed by atoms with van der Waals surface area (Å²) in [5.41, 5.74) is 19.4. The topological polar surface area (TPSA) is 137 Å². The van der Waals surface area contributed by atoms with Crippen LogP contribution in [0, 0.1) is 37.0 Å². The number of aryl methyl sites for hydroxylation is 3. The Labute approximate surface area is 425 Å². The number of H-pyrrole nitrogens is 3. The number of ketones is 3. The molecule has 3 heterocycles. The molecule has 3 N–H and O–H groups in total. The molecule has 0 aliphatic heterocycles. The van der Waals surface area contributed by atoms with Gasteiger partial charge in [0.2, 0.25) is 0 Å². The van der Waals surface area contributed by atoms with Crippen molar-refractivity contribution in [2.75, 3.05) is 0 Å². The van der Waals surface area contributed by atoms with Crippen LogP contribution in [-0.2, 0) is 49.9 Å². The van der Waals surface area contributed by atoms with Crippen molar-refractivity contribution in [1.82, 2.24) is 30.6 Å². The summed E-state index contributed by atoms with van der Waals surface area (Å²) in [6, 6.07) is 31.3. The Morgan fingerprint density at radius 1 is 0.361 bits per heavy atom. The Morgan fingerprint density at radius 2 is 0.597 bits per heavy atom. The predicted molar refractivity (Wildman–Crippen MR) is 285 cm³/mol. The second kappa shape index (κ2) is 17.3. The number of hydrogen-bond donors (Lipinski definition) is 3. The first-order chi connectivity index (χ1) is 34.0. The van der Waals surface area contributed by atoms with Crippen LogP contribution in [0.4, 0.5) is 0 Å². The van der Waals surface area contributed by atoms with Crippen LogP contribution in [0.5, 0.6) is 0 Å². The van der Waals surface area contributed by atoms with Crippen LogP contribution in [0.15, 0.2) is 124 Å². The van der Waals surface area contributed by atoms with Gasteiger partial charge in [0.05, 0.1) is 17.1 Å². The van der Waals surface area contributed by atoms with E-state index in [4.69, 9.17) is 0 Å². The normalized spacial score (nSPS) is 25.4. The van der Waals surface area contributed by atoms with E-state index in [1.54, 1.807) is 0 Å². The van der Waals surface area contributed by atoms with Crippen LogP contribution in [-0.4, -0.2) is 47.9 Å². The van der Waals surface area contributed by atoms with Gasteiger partial charge in [-0.2, -0.15) is 15.3 Å². The molecular weight excluding hydrogens is 889 g/mol. The SMILES string of the molecule is Cc1[nH]nc2c1C(C)(c1ccccc1)C1=C(C2)CC(C)(C)CC1=O.Cc1[nH]nc2c1[C@@](C)(c1ccccc1)C1=C(C2)CC(C)(C)CC1=O.Cc1[nH]nc2c1[C@](C)(c1ccccc1)C1=C(C2)CC(C)(C)CC1=O. The maximum Gasteiger partial charge on any atom is 0.160 e. The minimum atomic E-state index is -0.408. The van der Waals surface area contributed by atoms with Crippen LogP contribution in [0.3, 0.4) is 0 Å². The lowest BCUT2D eigenvalue weighted by molar-refractivity contribution is -0.119. The maximum absolute atomic E-state index is 13.2. The molecule has 3 aromatic heterocycles. The molecule has 372 valence electrons. The van der Waals surface area contributed by atoms with Gasteiger partial charge in [0.1, 0.15) is 0 Å². The van der Waals surface area contributed by atoms with E-state index in [0.717, 1.165) is 89.4 Å². The number of benzene rings is 3. The smallest absolute Gasteiger partial charge is 0.160 e. The summed E-state index contributed by atoms with van der Waals surface area (Å²) in [5.74, 6) is 0.913. The summed E-state index contributed by atoms with van der Waals surface area (Å²) in [4.78, 5) is 39.6. The molecule has 12 rings (SSSR count). The van der Waals surface area contributed by atoms with Gasteiger partial charge in [-0.1, -0.05) is 149 Å². The van der Waals surface area contributed by atoms with Gasteiger partial charge in [-0.15, -0.1) is 0 Å². The predicted octanol–water partition coefficient (Wildman–Crippen LogP) is 12.8. The Hall–Kier alpha value is -6.48. The van der Waals surface area contributed by atoms with Crippen molar-refractivity contribution in [3.05, 3.63) is 192 Å². The van der Waals surface area contributed by atoms with Gasteiger partial charge in [-0.25, -0.2) is 0 Å². The van der Waals surface area contributed by atoms with E-state index in [1.165, 1.54) is 50.1 Å². The number of aromatic amines is 3. The van der Waals surface area contributed by atoms with Crippen molar-refractivity contribution in [1.29, 1.82) is 0 Å². The molecule has 9 nitrogen and oxygen atoms in total. The first-order valence-electron chi connectivity index (χ1n) is 26.1. The fourth-order valence-corrected chi connectivity index (χ4v) is 14.7. The summed E-state index contributed by atoms with van der Waals surface area (Å²) in [6.45, 7) is 26.0. The van der Waals surface area contributed by atoms with E-state index in [9.17, 15) is 14.4 Å². The van der Waals surface area contributed by atoms with Gasteiger partial charge in [-0.3, -0.25) is 29.7 Å². The van der Waals surface area contributed by atoms with Crippen molar-refractivity contribution in [2.45, 2.75) is 157 Å². The number of rotatable bonds is 3. The third-order valence-corrected chi connectivity index (χ3v) is 17.2. The van der Waals surface area contributed by atoms with Gasteiger partial charge < -0.3 is 0 Å². The van der Waals surface area contributed by atoms with Crippen LogP contribution >= 0.6 is 0 Å². The molecule has 0 fully saturated rings. The number of nitrogens with zero attached hydrogens (tertiary/aromatic N) is 3. The minimum absolute atomic E-state index is 0.0381. The first kappa shape index (κ1) is 49.1. The van der Waals surface area contributed by atoms with Crippen molar-refractivity contribution >= 4 is 17.3 Å². The quantitative estimate of drug-likeness (QED) is 0.162. The number of fused-ring (bicyclic) bond motifs is 3. The first-order valence-corrected chi connectivity index (χ1v) is 26.1. The van der Waals surface area contributed by atoms with Gasteiger partial charge in [0.15, 0.2) is 17.3 Å². The van der Waals surface area contributed by atoms with Gasteiger partial charge >= 0.3 is 0 Å². The molecule has 0 radical (unpaired) electrons. The molecule has 6 aliphatic carbocycles. The lowest BCUT2D eigenvalue weighted by Crippen LogP contribution is -2.41. The summed E-state index contributed by atoms with van der Waals surface area (Å²) in [7, 11) is 0. The maximum atomic E-state index is 13.2. The van der Waals surface area contributed by atoms with Crippen molar-refractivity contribution in [2.24, 2.45) is 16.2 Å². The average molecular weight is 961 g/mol. The molecule has 0 saturated carbocycles. The summed E-state index contributed by atoms with van der Waals surface area (Å²) in [6.07, 6.45) is 7.19. The molecule has 0 saturated heterocycles. The number of carbonyl (C=O) groups is 3. The second-order valence-electron chi connectivity index (χ2n) is 24.8. The molecule has 9 heteroatoms. The summed E-state index contributed by atoms with van der Waals surface area (Å²) in [5, 5.41) is 23.2. The highest BCUT2D eigenvalue weighted by Gasteiger charge is 2.52. The van der Waals surface area contributed by atoms with E-state index in [1.807, 2.05) is 18.2 Å². The lowest BCUT2D eigenvalue weighted by atomic mass is 9.58. The van der Waals surface area contributed by atoms with Crippen molar-refractivity contribution in [3.63, 3.8) is 0 Å². The van der Waals surface area contributed by atoms with Gasteiger partial charge in [0.25, 0.3) is 0 Å². The number of Topliss-reactive ketones (excluding diaryl/α,β-unsaturated/α-hetero) is 3. The Morgan fingerprint density at radius 3 is 0.833 bits per heavy atom. The Kier molecular flexibility index (Phi) is 11.8. The standard InChI is InChI=1S/3C21H24N2O/c3*1-13-18-16(23-22-13)10-14-11-20(2,3)12-17(24)19(14)21(18,4)15-8-6-5-7-9-15/h3*5-9H,10-12H2,1-4H3,(H,22,23)/t2*21-;/m10./s1. The van der Waals surface area contributed by atoms with E-state index < -0.39 is 16.2 Å². The molecule has 1 unspecified atom stereocenters. The number of allylic oxidation sites excluding steroid dienone is 6. The number of carbonyl (C=O) groups excluding carboxylic acids is 3. The van der Waals surface area contributed by atoms with Crippen LogP contribution < -0.4 is 0 Å². The fraction of sp³-hybridized carbons (Fsp3) is 0.429. The summed E-state index contributed by atoms with van der Waals surface area (Å²) >= 11 is 0. The molecule has 0 bridgehead atoms. The molecule has 0 amide bonds. The van der Waals surface area contributed by atoms with E-state index in [-0.39, 0.29) is 16.2 Å². The molecule has 6 aliphatic rings. The number of nitrogens with one attached hydrogen (secondary N) is 3. The van der Waals surface area contributed by atoms with Crippen molar-refractivity contribution < 1.29 is 14.4 Å². The third kappa shape index (κ3) is 7.97. The monoisotopic (exact) mass is 961 g/mol. The minimum Gasteiger partial charge on any atom is -0.294 e. The zero-order valence-electron chi connectivity index (χ0n) is 44.6. The van der Waals surface area contributed by atoms with Crippen LogP contribution in [0.1, 0.15) is 168 Å². The zero-order valence-corrected chi connectivity index (χ0v) is 44.6. The highest BCUT2D eigenvalue weighted by Crippen LogP contribution is 2.56. The lowest BCUT2D eigenvalue weighted by Gasteiger charge is -2.43. The largest absolute Gasteiger partial charge is 0.294 e. The Bertz CT molecular complexity index is 2920. The highest BCUT2D eigenvalue weighted by atomic mass is 16.1. The average Bonchev–Trinajstić information content (AvgIpc) is 4.01.